The number of hydrogen-bond donors (Lipinski definition) is 0. The lowest BCUT2D eigenvalue weighted by Gasteiger charge is -2.27. The molecule has 1 saturated carbocycles. The van der Waals surface area contributed by atoms with Crippen molar-refractivity contribution >= 4 is 11.8 Å². The first-order chi connectivity index (χ1) is 9.79. The second-order valence-corrected chi connectivity index (χ2v) is 5.49. The minimum Gasteiger partial charge on any atom is -0.465 e. The number of aromatic nitrogens is 2. The van der Waals surface area contributed by atoms with E-state index in [9.17, 15) is 4.79 Å². The first-order valence-corrected chi connectivity index (χ1v) is 7.54. The van der Waals surface area contributed by atoms with E-state index in [0.29, 0.717) is 19.2 Å². The molecule has 0 atom stereocenters. The van der Waals surface area contributed by atoms with E-state index in [0.717, 1.165) is 37.2 Å². The average Bonchev–Trinajstić information content (AvgIpc) is 3.29. The van der Waals surface area contributed by atoms with Gasteiger partial charge in [-0.05, 0) is 45.4 Å². The van der Waals surface area contributed by atoms with Gasteiger partial charge in [0.25, 0.3) is 0 Å². The monoisotopic (exact) mass is 275 g/mol. The summed E-state index contributed by atoms with van der Waals surface area (Å²) in [6.45, 7) is 2.58. The number of anilines is 1. The lowest BCUT2D eigenvalue weighted by Crippen LogP contribution is -2.35. The Hall–Kier alpha value is -1.65. The summed E-state index contributed by atoms with van der Waals surface area (Å²) in [7, 11) is 0. The quantitative estimate of drug-likeness (QED) is 0.768. The fourth-order valence-corrected chi connectivity index (χ4v) is 2.86. The lowest BCUT2D eigenvalue weighted by molar-refractivity contribution is -0.141. The zero-order chi connectivity index (χ0) is 13.9. The maximum Gasteiger partial charge on any atom is 0.325 e. The van der Waals surface area contributed by atoms with Gasteiger partial charge in [-0.2, -0.15) is 0 Å². The third kappa shape index (κ3) is 2.76. The largest absolute Gasteiger partial charge is 0.465 e. The van der Waals surface area contributed by atoms with Crippen LogP contribution in [0.25, 0.3) is 0 Å². The average molecular weight is 275 g/mol. The summed E-state index contributed by atoms with van der Waals surface area (Å²) in [6, 6.07) is 0.445. The van der Waals surface area contributed by atoms with Crippen LogP contribution in [0.3, 0.4) is 0 Å². The molecule has 5 nitrogen and oxygen atoms in total. The molecule has 0 unspecified atom stereocenters. The summed E-state index contributed by atoms with van der Waals surface area (Å²) < 4.78 is 5.09. The first-order valence-electron chi connectivity index (χ1n) is 7.54. The SMILES string of the molecule is CCOC(=O)CN(c1ncnc2c1CCCC2)C1CC1. The van der Waals surface area contributed by atoms with Crippen molar-refractivity contribution in [1.82, 2.24) is 9.97 Å². The van der Waals surface area contributed by atoms with Gasteiger partial charge in [0.1, 0.15) is 18.7 Å². The van der Waals surface area contributed by atoms with E-state index in [1.54, 1.807) is 6.33 Å². The van der Waals surface area contributed by atoms with Crippen molar-refractivity contribution in [3.8, 4) is 0 Å². The van der Waals surface area contributed by atoms with Gasteiger partial charge in [0.2, 0.25) is 0 Å². The molecule has 1 fully saturated rings. The van der Waals surface area contributed by atoms with Crippen LogP contribution in [0, 0.1) is 0 Å². The minimum absolute atomic E-state index is 0.164. The van der Waals surface area contributed by atoms with Gasteiger partial charge in [-0.15, -0.1) is 0 Å². The van der Waals surface area contributed by atoms with Crippen LogP contribution in [0.15, 0.2) is 6.33 Å². The second kappa shape index (κ2) is 5.77. The molecule has 0 aliphatic heterocycles. The Morgan fingerprint density at radius 2 is 2.15 bits per heavy atom. The number of hydrogen-bond acceptors (Lipinski definition) is 5. The van der Waals surface area contributed by atoms with Gasteiger partial charge in [-0.3, -0.25) is 4.79 Å². The van der Waals surface area contributed by atoms with Gasteiger partial charge < -0.3 is 9.64 Å². The molecular weight excluding hydrogens is 254 g/mol. The molecule has 1 heterocycles. The van der Waals surface area contributed by atoms with E-state index >= 15 is 0 Å². The second-order valence-electron chi connectivity index (χ2n) is 5.49. The van der Waals surface area contributed by atoms with Gasteiger partial charge in [0, 0.05) is 17.3 Å². The van der Waals surface area contributed by atoms with Crippen molar-refractivity contribution in [1.29, 1.82) is 0 Å². The van der Waals surface area contributed by atoms with Crippen molar-refractivity contribution in [2.75, 3.05) is 18.1 Å². The molecule has 0 amide bonds. The van der Waals surface area contributed by atoms with Gasteiger partial charge in [0.15, 0.2) is 0 Å². The van der Waals surface area contributed by atoms with Gasteiger partial charge in [-0.1, -0.05) is 0 Å². The van der Waals surface area contributed by atoms with Crippen molar-refractivity contribution < 1.29 is 9.53 Å². The third-order valence-corrected chi connectivity index (χ3v) is 3.97. The van der Waals surface area contributed by atoms with Crippen LogP contribution >= 0.6 is 0 Å². The summed E-state index contributed by atoms with van der Waals surface area (Å²) >= 11 is 0. The summed E-state index contributed by atoms with van der Waals surface area (Å²) in [6.07, 6.45) is 8.35. The minimum atomic E-state index is -0.164. The third-order valence-electron chi connectivity index (χ3n) is 3.97. The zero-order valence-corrected chi connectivity index (χ0v) is 12.0. The molecular formula is C15H21N3O2. The van der Waals surface area contributed by atoms with E-state index in [-0.39, 0.29) is 5.97 Å². The summed E-state index contributed by atoms with van der Waals surface area (Å²) in [5.74, 6) is 0.799. The maximum atomic E-state index is 11.8. The number of carbonyl (C=O) groups is 1. The molecule has 3 rings (SSSR count). The Bertz CT molecular complexity index is 500. The number of rotatable bonds is 5. The predicted molar refractivity (Wildman–Crippen MR) is 75.7 cm³/mol. The maximum absolute atomic E-state index is 11.8. The standard InChI is InChI=1S/C15H21N3O2/c1-2-20-14(19)9-18(11-7-8-11)15-12-5-3-4-6-13(12)16-10-17-15/h10-11H,2-9H2,1H3. The van der Waals surface area contributed by atoms with Gasteiger partial charge in [-0.25, -0.2) is 9.97 Å². The Morgan fingerprint density at radius 3 is 2.90 bits per heavy atom. The van der Waals surface area contributed by atoms with Crippen LogP contribution in [0.1, 0.15) is 43.9 Å². The summed E-state index contributed by atoms with van der Waals surface area (Å²) in [5, 5.41) is 0. The Kier molecular flexibility index (Phi) is 3.85. The van der Waals surface area contributed by atoms with Crippen LogP contribution < -0.4 is 4.90 Å². The van der Waals surface area contributed by atoms with E-state index in [4.69, 9.17) is 4.74 Å². The molecule has 0 bridgehead atoms. The fourth-order valence-electron chi connectivity index (χ4n) is 2.86. The van der Waals surface area contributed by atoms with Crippen LogP contribution in [0.2, 0.25) is 0 Å². The first kappa shape index (κ1) is 13.3. The molecule has 0 spiro atoms. The fraction of sp³-hybridized carbons (Fsp3) is 0.667. The molecule has 1 aromatic rings. The Labute approximate surface area is 119 Å². The molecule has 0 N–H and O–H groups in total. The van der Waals surface area contributed by atoms with Crippen LogP contribution in [-0.4, -0.2) is 35.1 Å². The summed E-state index contributed by atoms with van der Waals surface area (Å²) in [5.41, 5.74) is 2.41. The van der Waals surface area contributed by atoms with E-state index in [1.165, 1.54) is 18.4 Å². The van der Waals surface area contributed by atoms with E-state index < -0.39 is 0 Å². The summed E-state index contributed by atoms with van der Waals surface area (Å²) in [4.78, 5) is 22.8. The highest BCUT2D eigenvalue weighted by Crippen LogP contribution is 2.34. The number of ether oxygens (including phenoxy) is 1. The molecule has 2 aliphatic rings. The highest BCUT2D eigenvalue weighted by Gasteiger charge is 2.34. The molecule has 108 valence electrons. The molecule has 20 heavy (non-hydrogen) atoms. The number of esters is 1. The smallest absolute Gasteiger partial charge is 0.325 e. The van der Waals surface area contributed by atoms with Gasteiger partial charge in [0.05, 0.1) is 6.61 Å². The Balaban J connectivity index is 1.86. The number of fused-ring (bicyclic) bond motifs is 1. The highest BCUT2D eigenvalue weighted by atomic mass is 16.5. The number of carbonyl (C=O) groups excluding carboxylic acids is 1. The molecule has 5 heteroatoms. The topological polar surface area (TPSA) is 55.3 Å². The van der Waals surface area contributed by atoms with Crippen LogP contribution in [0.5, 0.6) is 0 Å². The molecule has 0 saturated heterocycles. The van der Waals surface area contributed by atoms with Crippen molar-refractivity contribution in [2.45, 2.75) is 51.5 Å². The van der Waals surface area contributed by atoms with Crippen molar-refractivity contribution in [2.24, 2.45) is 0 Å². The normalized spacial score (nSPS) is 17.4. The van der Waals surface area contributed by atoms with Crippen molar-refractivity contribution in [3.63, 3.8) is 0 Å². The van der Waals surface area contributed by atoms with E-state index in [1.807, 2.05) is 6.92 Å². The zero-order valence-electron chi connectivity index (χ0n) is 12.0. The predicted octanol–water partition coefficient (Wildman–Crippen LogP) is 1.89. The molecule has 1 aromatic heterocycles. The van der Waals surface area contributed by atoms with E-state index in [2.05, 4.69) is 14.9 Å². The van der Waals surface area contributed by atoms with Crippen LogP contribution in [0.4, 0.5) is 5.82 Å². The van der Waals surface area contributed by atoms with Crippen LogP contribution in [-0.2, 0) is 22.4 Å². The molecule has 2 aliphatic carbocycles. The highest BCUT2D eigenvalue weighted by molar-refractivity contribution is 5.76. The van der Waals surface area contributed by atoms with Crippen molar-refractivity contribution in [3.05, 3.63) is 17.6 Å². The number of aryl methyl sites for hydroxylation is 1. The lowest BCUT2D eigenvalue weighted by atomic mass is 9.96. The Morgan fingerprint density at radius 1 is 1.35 bits per heavy atom. The molecule has 0 aromatic carbocycles. The van der Waals surface area contributed by atoms with Gasteiger partial charge >= 0.3 is 5.97 Å². The number of nitrogens with zero attached hydrogens (tertiary/aromatic N) is 3. The molecule has 0 radical (unpaired) electrons.